The Labute approximate surface area is 138 Å². The molecule has 2 saturated heterocycles. The van der Waals surface area contributed by atoms with E-state index >= 15 is 0 Å². The molecule has 0 amide bonds. The van der Waals surface area contributed by atoms with E-state index in [1.165, 1.54) is 13.8 Å². The van der Waals surface area contributed by atoms with E-state index in [0.29, 0.717) is 19.0 Å². The number of nitrogens with two attached hydrogens (primary N) is 1. The summed E-state index contributed by atoms with van der Waals surface area (Å²) >= 11 is 0. The van der Waals surface area contributed by atoms with Crippen LogP contribution in [0.5, 0.6) is 0 Å². The zero-order valence-electron chi connectivity index (χ0n) is 13.4. The summed E-state index contributed by atoms with van der Waals surface area (Å²) in [4.78, 5) is 26.1. The number of hydrogen-bond acceptors (Lipinski definition) is 9. The highest BCUT2D eigenvalue weighted by molar-refractivity contribution is 6.20. The van der Waals surface area contributed by atoms with Gasteiger partial charge in [-0.15, -0.1) is 10.2 Å². The van der Waals surface area contributed by atoms with Gasteiger partial charge < -0.3 is 24.8 Å². The van der Waals surface area contributed by atoms with Gasteiger partial charge in [0.1, 0.15) is 5.69 Å². The van der Waals surface area contributed by atoms with Crippen molar-refractivity contribution >= 4 is 23.5 Å². The minimum atomic E-state index is -1.32. The van der Waals surface area contributed by atoms with Gasteiger partial charge in [-0.2, -0.15) is 0 Å². The van der Waals surface area contributed by atoms with Crippen LogP contribution in [0.3, 0.4) is 0 Å². The zero-order chi connectivity index (χ0) is 17.3. The van der Waals surface area contributed by atoms with E-state index in [2.05, 4.69) is 10.2 Å². The zero-order valence-corrected chi connectivity index (χ0v) is 13.4. The monoisotopic (exact) mass is 334 g/mol. The van der Waals surface area contributed by atoms with Crippen LogP contribution in [0.15, 0.2) is 17.7 Å². The summed E-state index contributed by atoms with van der Waals surface area (Å²) < 4.78 is 15.3. The second-order valence-electron chi connectivity index (χ2n) is 5.84. The van der Waals surface area contributed by atoms with E-state index in [-0.39, 0.29) is 17.0 Å². The molecule has 9 nitrogen and oxygen atoms in total. The summed E-state index contributed by atoms with van der Waals surface area (Å²) in [6.45, 7) is 5.63. The minimum Gasteiger partial charge on any atom is -0.419 e. The molecule has 0 aliphatic carbocycles. The Balaban J connectivity index is 1.85. The van der Waals surface area contributed by atoms with Crippen molar-refractivity contribution in [2.24, 2.45) is 5.73 Å². The van der Waals surface area contributed by atoms with Crippen LogP contribution in [0.1, 0.15) is 19.5 Å². The predicted molar refractivity (Wildman–Crippen MR) is 82.4 cm³/mol. The molecular weight excluding hydrogens is 316 g/mol. The van der Waals surface area contributed by atoms with Crippen LogP contribution < -0.4 is 10.6 Å². The Bertz CT molecular complexity index is 670. The lowest BCUT2D eigenvalue weighted by Gasteiger charge is -2.30. The molecule has 2 N–H and O–H groups in total. The van der Waals surface area contributed by atoms with Crippen molar-refractivity contribution in [2.75, 3.05) is 31.2 Å². The third kappa shape index (κ3) is 3.16. The summed E-state index contributed by atoms with van der Waals surface area (Å²) in [5, 5.41) is 8.10. The number of nitrogens with zero attached hydrogens (tertiary/aromatic N) is 3. The lowest BCUT2D eigenvalue weighted by molar-refractivity contribution is -0.222. The van der Waals surface area contributed by atoms with Gasteiger partial charge in [-0.05, 0) is 12.1 Å². The van der Waals surface area contributed by atoms with E-state index in [1.54, 1.807) is 12.1 Å². The van der Waals surface area contributed by atoms with Gasteiger partial charge in [-0.1, -0.05) is 0 Å². The number of carbonyl (C=O) groups is 2. The van der Waals surface area contributed by atoms with E-state index in [1.807, 2.05) is 4.90 Å². The van der Waals surface area contributed by atoms with Crippen LogP contribution in [-0.4, -0.2) is 54.2 Å². The number of esters is 2. The number of ether oxygens (including phenoxy) is 3. The molecule has 128 valence electrons. The minimum absolute atomic E-state index is 0.124. The number of cyclic esters (lactones) is 2. The number of rotatable bonds is 2. The molecule has 1 aromatic rings. The summed E-state index contributed by atoms with van der Waals surface area (Å²) in [7, 11) is 0. The second-order valence-corrected chi connectivity index (χ2v) is 5.84. The molecule has 1 aromatic heterocycles. The molecule has 2 fully saturated rings. The van der Waals surface area contributed by atoms with Crippen molar-refractivity contribution in [3.8, 4) is 0 Å². The van der Waals surface area contributed by atoms with Crippen LogP contribution in [0, 0.1) is 0 Å². The molecule has 24 heavy (non-hydrogen) atoms. The second kappa shape index (κ2) is 6.08. The van der Waals surface area contributed by atoms with E-state index in [4.69, 9.17) is 19.9 Å². The van der Waals surface area contributed by atoms with E-state index < -0.39 is 17.7 Å². The highest BCUT2D eigenvalue weighted by Gasteiger charge is 2.41. The van der Waals surface area contributed by atoms with Crippen LogP contribution in [0.25, 0.3) is 5.70 Å². The normalized spacial score (nSPS) is 20.4. The summed E-state index contributed by atoms with van der Waals surface area (Å²) in [5.74, 6) is -2.32. The Morgan fingerprint density at radius 3 is 2.29 bits per heavy atom. The van der Waals surface area contributed by atoms with Crippen molar-refractivity contribution in [2.45, 2.75) is 19.6 Å². The fraction of sp³-hybridized carbons (Fsp3) is 0.467. The first-order valence-corrected chi connectivity index (χ1v) is 7.50. The Kier molecular flexibility index (Phi) is 4.10. The van der Waals surface area contributed by atoms with Crippen molar-refractivity contribution in [1.82, 2.24) is 10.2 Å². The third-order valence-corrected chi connectivity index (χ3v) is 3.62. The van der Waals surface area contributed by atoms with Crippen LogP contribution >= 0.6 is 0 Å². The molecule has 0 unspecified atom stereocenters. The predicted octanol–water partition coefficient (Wildman–Crippen LogP) is -0.181. The maximum atomic E-state index is 12.0. The Morgan fingerprint density at radius 2 is 1.75 bits per heavy atom. The van der Waals surface area contributed by atoms with Gasteiger partial charge in [-0.25, -0.2) is 9.59 Å². The molecule has 3 heterocycles. The smallest absolute Gasteiger partial charge is 0.351 e. The molecule has 0 saturated carbocycles. The van der Waals surface area contributed by atoms with Crippen molar-refractivity contribution in [1.29, 1.82) is 0 Å². The van der Waals surface area contributed by atoms with Crippen molar-refractivity contribution < 1.29 is 23.8 Å². The quantitative estimate of drug-likeness (QED) is 0.446. The molecule has 0 radical (unpaired) electrons. The first-order valence-electron chi connectivity index (χ1n) is 7.50. The first kappa shape index (κ1) is 16.2. The average Bonchev–Trinajstić information content (AvgIpc) is 2.54. The maximum absolute atomic E-state index is 12.0. The molecule has 2 aliphatic rings. The Hall–Kier alpha value is -2.68. The highest BCUT2D eigenvalue weighted by Crippen LogP contribution is 2.26. The van der Waals surface area contributed by atoms with Gasteiger partial charge in [0.05, 0.1) is 18.9 Å². The lowest BCUT2D eigenvalue weighted by atomic mass is 10.1. The van der Waals surface area contributed by atoms with Gasteiger partial charge in [0.2, 0.25) is 0 Å². The summed E-state index contributed by atoms with van der Waals surface area (Å²) in [6.07, 6.45) is 0. The van der Waals surface area contributed by atoms with Crippen molar-refractivity contribution in [3.63, 3.8) is 0 Å². The largest absolute Gasteiger partial charge is 0.419 e. The number of anilines is 1. The van der Waals surface area contributed by atoms with Crippen molar-refractivity contribution in [3.05, 3.63) is 23.4 Å². The highest BCUT2D eigenvalue weighted by atomic mass is 16.7. The van der Waals surface area contributed by atoms with Gasteiger partial charge >= 0.3 is 11.9 Å². The molecule has 0 spiro atoms. The summed E-state index contributed by atoms with van der Waals surface area (Å²) in [5.41, 5.74) is 5.62. The van der Waals surface area contributed by atoms with Crippen LogP contribution in [0.2, 0.25) is 0 Å². The molecular formula is C15H18N4O5. The number of carbonyl (C=O) groups excluding carboxylic acids is 2. The molecule has 0 aromatic carbocycles. The topological polar surface area (TPSA) is 117 Å². The van der Waals surface area contributed by atoms with E-state index in [0.717, 1.165) is 13.1 Å². The maximum Gasteiger partial charge on any atom is 0.351 e. The first-order chi connectivity index (χ1) is 11.4. The molecule has 9 heteroatoms. The van der Waals surface area contributed by atoms with Gasteiger partial charge in [0.15, 0.2) is 11.4 Å². The van der Waals surface area contributed by atoms with E-state index in [9.17, 15) is 9.59 Å². The number of hydrogen-bond donors (Lipinski definition) is 1. The van der Waals surface area contributed by atoms with Crippen LogP contribution in [0.4, 0.5) is 5.82 Å². The molecule has 0 bridgehead atoms. The fourth-order valence-corrected chi connectivity index (χ4v) is 2.43. The summed E-state index contributed by atoms with van der Waals surface area (Å²) in [6, 6.07) is 3.32. The van der Waals surface area contributed by atoms with Gasteiger partial charge in [-0.3, -0.25) is 0 Å². The molecule has 0 atom stereocenters. The number of morpholine rings is 1. The van der Waals surface area contributed by atoms with Gasteiger partial charge in [0.25, 0.3) is 5.79 Å². The number of aromatic nitrogens is 2. The fourth-order valence-electron chi connectivity index (χ4n) is 2.43. The average molecular weight is 334 g/mol. The van der Waals surface area contributed by atoms with Crippen LogP contribution in [-0.2, 0) is 23.8 Å². The standard InChI is InChI=1S/C15H18N4O5/c1-15(2)23-13(20)11(14(21)24-15)12(16)9-3-4-10(18-17-9)19-5-7-22-8-6-19/h3-4H,5-8,16H2,1-2H3. The molecule has 2 aliphatic heterocycles. The molecule has 3 rings (SSSR count). The van der Waals surface area contributed by atoms with Gasteiger partial charge in [0, 0.05) is 26.9 Å². The Morgan fingerprint density at radius 1 is 1.12 bits per heavy atom. The third-order valence-electron chi connectivity index (χ3n) is 3.62. The lowest BCUT2D eigenvalue weighted by Crippen LogP contribution is -2.42. The SMILES string of the molecule is CC1(C)OC(=O)C(=C(N)c2ccc(N3CCOCC3)nn2)C(=O)O1.